The Morgan fingerprint density at radius 3 is 2.43 bits per heavy atom. The summed E-state index contributed by atoms with van der Waals surface area (Å²) in [4.78, 5) is 24.2. The molecule has 2 rings (SSSR count). The monoisotopic (exact) mass is 300 g/mol. The molecule has 0 radical (unpaired) electrons. The highest BCUT2D eigenvalue weighted by Crippen LogP contribution is 2.30. The Morgan fingerprint density at radius 2 is 1.95 bits per heavy atom. The quantitative estimate of drug-likeness (QED) is 0.748. The lowest BCUT2D eigenvalue weighted by Gasteiger charge is -2.40. The van der Waals surface area contributed by atoms with Gasteiger partial charge in [0.2, 0.25) is 5.91 Å². The molecule has 0 aromatic carbocycles. The first-order chi connectivity index (χ1) is 9.94. The van der Waals surface area contributed by atoms with Crippen molar-refractivity contribution in [2.45, 2.75) is 32.6 Å². The normalized spacial score (nSPS) is 26.0. The summed E-state index contributed by atoms with van der Waals surface area (Å²) in [6.45, 7) is 6.43. The Hall–Kier alpha value is -1.14. The Bertz CT molecular complexity index is 341. The average molecular weight is 300 g/mol. The van der Waals surface area contributed by atoms with Gasteiger partial charge < -0.3 is 20.0 Å². The van der Waals surface area contributed by atoms with Gasteiger partial charge in [-0.15, -0.1) is 0 Å². The van der Waals surface area contributed by atoms with E-state index in [1.54, 1.807) is 0 Å². The van der Waals surface area contributed by atoms with Gasteiger partial charge in [-0.1, -0.05) is 6.92 Å². The maximum atomic E-state index is 11.4. The fraction of sp³-hybridized carbons (Fsp3) is 0.867. The van der Waals surface area contributed by atoms with E-state index in [1.807, 2.05) is 11.9 Å². The molecule has 0 aromatic rings. The molecule has 2 fully saturated rings. The fourth-order valence-electron chi connectivity index (χ4n) is 3.05. The van der Waals surface area contributed by atoms with E-state index in [-0.39, 0.29) is 17.8 Å². The summed E-state index contributed by atoms with van der Waals surface area (Å²) < 4.78 is 0. The molecule has 0 bridgehead atoms. The highest BCUT2D eigenvalue weighted by atomic mass is 16.3. The number of hydrogen-bond donors (Lipinski definition) is 2. The molecule has 2 aliphatic heterocycles. The summed E-state index contributed by atoms with van der Waals surface area (Å²) in [6, 6.07) is 0. The molecule has 2 aliphatic rings. The lowest BCUT2D eigenvalue weighted by Crippen LogP contribution is -2.46. The standard InChI is InChI=1S/C14H26N2O2.CH2O2/c1-14(11-17)5-7-16(8-6-14)10-12-3-4-13(18)15(2)9-12;2-1-3/h12,17H,3-11H2,1-2H3;1H,(H,2,3). The van der Waals surface area contributed by atoms with Gasteiger partial charge in [-0.05, 0) is 43.7 Å². The molecule has 1 atom stereocenters. The minimum atomic E-state index is -0.250. The molecule has 0 spiro atoms. The van der Waals surface area contributed by atoms with Crippen molar-refractivity contribution < 1.29 is 19.8 Å². The fourth-order valence-corrected chi connectivity index (χ4v) is 3.05. The van der Waals surface area contributed by atoms with Crippen LogP contribution in [0.5, 0.6) is 0 Å². The van der Waals surface area contributed by atoms with Gasteiger partial charge in [-0.25, -0.2) is 0 Å². The SMILES string of the molecule is CN1CC(CN2CCC(C)(CO)CC2)CCC1=O.O=CO. The smallest absolute Gasteiger partial charge is 0.290 e. The third kappa shape index (κ3) is 5.63. The summed E-state index contributed by atoms with van der Waals surface area (Å²) in [5, 5.41) is 16.2. The number of carboxylic acid groups (broad SMARTS) is 1. The zero-order chi connectivity index (χ0) is 15.9. The van der Waals surface area contributed by atoms with Gasteiger partial charge in [0.1, 0.15) is 0 Å². The van der Waals surface area contributed by atoms with E-state index in [0.717, 1.165) is 45.4 Å². The van der Waals surface area contributed by atoms with E-state index in [2.05, 4.69) is 11.8 Å². The maximum Gasteiger partial charge on any atom is 0.290 e. The number of hydrogen-bond acceptors (Lipinski definition) is 4. The van der Waals surface area contributed by atoms with Crippen molar-refractivity contribution in [3.63, 3.8) is 0 Å². The van der Waals surface area contributed by atoms with Crippen molar-refractivity contribution in [1.29, 1.82) is 0 Å². The lowest BCUT2D eigenvalue weighted by molar-refractivity contribution is -0.133. The first kappa shape index (κ1) is 17.9. The third-order valence-electron chi connectivity index (χ3n) is 4.69. The number of likely N-dealkylation sites (tertiary alicyclic amines) is 2. The lowest BCUT2D eigenvalue weighted by atomic mass is 9.81. The van der Waals surface area contributed by atoms with E-state index in [9.17, 15) is 9.90 Å². The molecule has 1 unspecified atom stereocenters. The number of aliphatic hydroxyl groups is 1. The van der Waals surface area contributed by atoms with Crippen LogP contribution in [0.4, 0.5) is 0 Å². The predicted molar refractivity (Wildman–Crippen MR) is 79.9 cm³/mol. The molecular weight excluding hydrogens is 272 g/mol. The van der Waals surface area contributed by atoms with Gasteiger partial charge in [0.15, 0.2) is 0 Å². The molecule has 6 nitrogen and oxygen atoms in total. The molecule has 0 aromatic heterocycles. The molecular formula is C15H28N2O4. The number of aliphatic hydroxyl groups excluding tert-OH is 1. The largest absolute Gasteiger partial charge is 0.483 e. The number of piperidine rings is 2. The summed E-state index contributed by atoms with van der Waals surface area (Å²) in [7, 11) is 1.91. The van der Waals surface area contributed by atoms with E-state index >= 15 is 0 Å². The Balaban J connectivity index is 0.000000677. The van der Waals surface area contributed by atoms with Crippen molar-refractivity contribution in [3.05, 3.63) is 0 Å². The zero-order valence-corrected chi connectivity index (χ0v) is 13.1. The maximum absolute atomic E-state index is 11.4. The molecule has 2 heterocycles. The van der Waals surface area contributed by atoms with E-state index in [1.165, 1.54) is 0 Å². The van der Waals surface area contributed by atoms with Crippen LogP contribution in [0.3, 0.4) is 0 Å². The van der Waals surface area contributed by atoms with Gasteiger partial charge in [0.05, 0.1) is 0 Å². The van der Waals surface area contributed by atoms with Crippen LogP contribution in [0.25, 0.3) is 0 Å². The van der Waals surface area contributed by atoms with Crippen molar-refractivity contribution in [2.24, 2.45) is 11.3 Å². The number of carbonyl (C=O) groups excluding carboxylic acids is 1. The number of rotatable bonds is 3. The summed E-state index contributed by atoms with van der Waals surface area (Å²) in [5.41, 5.74) is 0.135. The van der Waals surface area contributed by atoms with Crippen LogP contribution >= 0.6 is 0 Å². The Labute approximate surface area is 126 Å². The number of nitrogens with zero attached hydrogens (tertiary/aromatic N) is 2. The number of amides is 1. The highest BCUT2D eigenvalue weighted by Gasteiger charge is 2.31. The summed E-state index contributed by atoms with van der Waals surface area (Å²) in [6.07, 6.45) is 3.93. The van der Waals surface area contributed by atoms with Gasteiger partial charge >= 0.3 is 0 Å². The van der Waals surface area contributed by atoms with Crippen LogP contribution in [0.2, 0.25) is 0 Å². The second kappa shape index (κ2) is 8.34. The van der Waals surface area contributed by atoms with Gasteiger partial charge in [-0.3, -0.25) is 9.59 Å². The zero-order valence-electron chi connectivity index (χ0n) is 13.1. The first-order valence-corrected chi connectivity index (χ1v) is 7.59. The Kier molecular flexibility index (Phi) is 7.11. The van der Waals surface area contributed by atoms with Crippen LogP contribution in [0.1, 0.15) is 32.6 Å². The van der Waals surface area contributed by atoms with E-state index in [0.29, 0.717) is 18.9 Å². The second-order valence-corrected chi connectivity index (χ2v) is 6.55. The second-order valence-electron chi connectivity index (χ2n) is 6.55. The van der Waals surface area contributed by atoms with E-state index in [4.69, 9.17) is 9.90 Å². The predicted octanol–water partition coefficient (Wildman–Crippen LogP) is 0.650. The summed E-state index contributed by atoms with van der Waals surface area (Å²) in [5.74, 6) is 0.920. The molecule has 2 N–H and O–H groups in total. The molecule has 2 saturated heterocycles. The molecule has 122 valence electrons. The summed E-state index contributed by atoms with van der Waals surface area (Å²) >= 11 is 0. The molecule has 21 heavy (non-hydrogen) atoms. The average Bonchev–Trinajstić information content (AvgIpc) is 2.46. The minimum Gasteiger partial charge on any atom is -0.483 e. The van der Waals surface area contributed by atoms with Crippen molar-refractivity contribution in [2.75, 3.05) is 39.8 Å². The van der Waals surface area contributed by atoms with E-state index < -0.39 is 0 Å². The van der Waals surface area contributed by atoms with Crippen LogP contribution in [0, 0.1) is 11.3 Å². The van der Waals surface area contributed by atoms with Crippen molar-refractivity contribution in [3.8, 4) is 0 Å². The van der Waals surface area contributed by atoms with Gasteiger partial charge in [0.25, 0.3) is 6.47 Å². The van der Waals surface area contributed by atoms with Gasteiger partial charge in [-0.2, -0.15) is 0 Å². The molecule has 1 amide bonds. The Morgan fingerprint density at radius 1 is 1.38 bits per heavy atom. The molecule has 6 heteroatoms. The van der Waals surface area contributed by atoms with Crippen LogP contribution in [0.15, 0.2) is 0 Å². The minimum absolute atomic E-state index is 0.135. The molecule has 0 saturated carbocycles. The van der Waals surface area contributed by atoms with Crippen LogP contribution < -0.4 is 0 Å². The molecule has 0 aliphatic carbocycles. The topological polar surface area (TPSA) is 81.1 Å². The van der Waals surface area contributed by atoms with Gasteiger partial charge in [0, 0.05) is 33.2 Å². The van der Waals surface area contributed by atoms with Crippen LogP contribution in [-0.2, 0) is 9.59 Å². The van der Waals surface area contributed by atoms with Crippen LogP contribution in [-0.4, -0.2) is 72.2 Å². The third-order valence-corrected chi connectivity index (χ3v) is 4.69. The first-order valence-electron chi connectivity index (χ1n) is 7.59. The van der Waals surface area contributed by atoms with Crippen molar-refractivity contribution in [1.82, 2.24) is 9.80 Å². The highest BCUT2D eigenvalue weighted by molar-refractivity contribution is 5.76. The van der Waals surface area contributed by atoms with Crippen molar-refractivity contribution >= 4 is 12.4 Å². The number of carbonyl (C=O) groups is 2.